The number of amides is 1. The average Bonchev–Trinajstić information content (AvgIpc) is 2.76. The maximum atomic E-state index is 13.3. The first-order valence-corrected chi connectivity index (χ1v) is 5.81. The van der Waals surface area contributed by atoms with E-state index in [2.05, 4.69) is 0 Å². The van der Waals surface area contributed by atoms with E-state index >= 15 is 0 Å². The fraction of sp³-hybridized carbons (Fsp3) is 0.500. The van der Waals surface area contributed by atoms with Crippen molar-refractivity contribution in [2.45, 2.75) is 24.3 Å². The number of carbonyl (C=O) groups excluding carboxylic acids is 1. The molecule has 130 valence electrons. The lowest BCUT2D eigenvalue weighted by Gasteiger charge is -2.25. The van der Waals surface area contributed by atoms with Gasteiger partial charge < -0.3 is 4.57 Å². The molecule has 0 spiro atoms. The molecule has 1 amide bonds. The van der Waals surface area contributed by atoms with E-state index in [0.717, 1.165) is 13.1 Å². The van der Waals surface area contributed by atoms with Gasteiger partial charge in [-0.05, 0) is 12.1 Å². The Morgan fingerprint density at radius 3 is 2.00 bits per heavy atom. The first kappa shape index (κ1) is 19.3. The third-order valence-corrected chi connectivity index (χ3v) is 3.17. The molecule has 1 aromatic rings. The van der Waals surface area contributed by atoms with Crippen molar-refractivity contribution >= 4 is 17.5 Å². The van der Waals surface area contributed by atoms with Crippen LogP contribution in [-0.4, -0.2) is 39.6 Å². The van der Waals surface area contributed by atoms with Crippen LogP contribution in [0.1, 0.15) is 10.5 Å². The van der Waals surface area contributed by atoms with Gasteiger partial charge in [0.2, 0.25) is 0 Å². The molecular formula is C10H6ClF8N2O2+. The Bertz CT molecular complexity index is 643. The number of nitrogens with zero attached hydrogens (tertiary/aromatic N) is 2. The second-order valence-electron chi connectivity index (χ2n) is 4.24. The first-order valence-electron chi connectivity index (χ1n) is 5.44. The van der Waals surface area contributed by atoms with E-state index in [1.807, 2.05) is 0 Å². The number of aromatic nitrogens is 1. The SMILES string of the molecule is Cn1c(Cl)ccc1C(=O)[N+](=O)C(F)(F)C(F)(F)C(F)(F)C(F)F. The summed E-state index contributed by atoms with van der Waals surface area (Å²) in [5.74, 6) is -15.7. The summed E-state index contributed by atoms with van der Waals surface area (Å²) >= 11 is 5.43. The fourth-order valence-corrected chi connectivity index (χ4v) is 1.55. The van der Waals surface area contributed by atoms with Crippen LogP contribution in [0.15, 0.2) is 12.1 Å². The molecule has 13 heteroatoms. The quantitative estimate of drug-likeness (QED) is 0.448. The van der Waals surface area contributed by atoms with E-state index in [9.17, 15) is 44.8 Å². The number of halogens is 9. The van der Waals surface area contributed by atoms with Gasteiger partial charge in [-0.3, -0.25) is 0 Å². The molecule has 0 bridgehead atoms. The van der Waals surface area contributed by atoms with Crippen molar-refractivity contribution in [3.63, 3.8) is 0 Å². The van der Waals surface area contributed by atoms with Crippen LogP contribution in [0.3, 0.4) is 0 Å². The number of hydrogen-bond acceptors (Lipinski definition) is 2. The molecule has 0 fully saturated rings. The Kier molecular flexibility index (Phi) is 4.81. The van der Waals surface area contributed by atoms with Gasteiger partial charge in [-0.1, -0.05) is 11.6 Å². The van der Waals surface area contributed by atoms with Gasteiger partial charge in [-0.15, -0.1) is 8.78 Å². The Morgan fingerprint density at radius 2 is 1.65 bits per heavy atom. The number of alkyl halides is 8. The maximum Gasteiger partial charge on any atom is 0.582 e. The zero-order chi connectivity index (χ0) is 18.4. The van der Waals surface area contributed by atoms with Crippen LogP contribution in [0.4, 0.5) is 35.1 Å². The summed E-state index contributed by atoms with van der Waals surface area (Å²) in [6, 6.07) is -4.84. The molecule has 23 heavy (non-hydrogen) atoms. The summed E-state index contributed by atoms with van der Waals surface area (Å²) in [4.78, 5) is 22.6. The lowest BCUT2D eigenvalue weighted by atomic mass is 10.1. The minimum Gasteiger partial charge on any atom is -0.327 e. The van der Waals surface area contributed by atoms with Crippen LogP contribution in [-0.2, 0) is 7.05 Å². The molecule has 1 aromatic heterocycles. The van der Waals surface area contributed by atoms with Crippen LogP contribution in [0, 0.1) is 4.91 Å². The number of rotatable bonds is 5. The van der Waals surface area contributed by atoms with Gasteiger partial charge in [-0.25, -0.2) is 13.6 Å². The molecule has 0 aromatic carbocycles. The van der Waals surface area contributed by atoms with Crippen molar-refractivity contribution in [1.29, 1.82) is 0 Å². The van der Waals surface area contributed by atoms with E-state index < -0.39 is 40.7 Å². The highest BCUT2D eigenvalue weighted by Crippen LogP contribution is 2.48. The molecule has 4 nitrogen and oxygen atoms in total. The highest BCUT2D eigenvalue weighted by atomic mass is 35.5. The summed E-state index contributed by atoms with van der Waals surface area (Å²) in [6.07, 6.45) is -5.20. The second-order valence-corrected chi connectivity index (χ2v) is 4.63. The van der Waals surface area contributed by atoms with E-state index in [-0.39, 0.29) is 5.15 Å². The summed E-state index contributed by atoms with van der Waals surface area (Å²) in [7, 11) is 0.980. The molecule has 0 radical (unpaired) electrons. The molecular weight excluding hydrogens is 368 g/mol. The molecule has 0 aliphatic heterocycles. The minimum atomic E-state index is -6.82. The largest absolute Gasteiger partial charge is 0.582 e. The molecule has 0 unspecified atom stereocenters. The smallest absolute Gasteiger partial charge is 0.327 e. The predicted molar refractivity (Wildman–Crippen MR) is 59.2 cm³/mol. The van der Waals surface area contributed by atoms with Crippen molar-refractivity contribution in [3.8, 4) is 0 Å². The van der Waals surface area contributed by atoms with E-state index in [0.29, 0.717) is 10.6 Å². The third kappa shape index (κ3) is 2.79. The normalized spacial score (nSPS) is 13.5. The highest BCUT2D eigenvalue weighted by molar-refractivity contribution is 6.30. The lowest BCUT2D eigenvalue weighted by Crippen LogP contribution is -2.62. The molecule has 0 N–H and O–H groups in total. The van der Waals surface area contributed by atoms with Crippen molar-refractivity contribution in [2.24, 2.45) is 7.05 Å². The summed E-state index contributed by atoms with van der Waals surface area (Å²) in [6.45, 7) is 0. The molecule has 0 atom stereocenters. The Hall–Kier alpha value is -1.72. The van der Waals surface area contributed by atoms with Gasteiger partial charge in [-0.2, -0.15) is 17.6 Å². The summed E-state index contributed by atoms with van der Waals surface area (Å²) < 4.78 is 100. The fourth-order valence-electron chi connectivity index (χ4n) is 1.40. The highest BCUT2D eigenvalue weighted by Gasteiger charge is 2.85. The van der Waals surface area contributed by atoms with Crippen LogP contribution >= 0.6 is 11.6 Å². The first-order chi connectivity index (χ1) is 10.2. The Labute approximate surface area is 127 Å². The van der Waals surface area contributed by atoms with Gasteiger partial charge in [0.1, 0.15) is 5.15 Å². The number of hydrogen-bond donors (Lipinski definition) is 0. The van der Waals surface area contributed by atoms with Crippen molar-refractivity contribution in [2.75, 3.05) is 0 Å². The topological polar surface area (TPSA) is 42.1 Å². The molecule has 0 aliphatic rings. The molecule has 1 heterocycles. The van der Waals surface area contributed by atoms with Gasteiger partial charge >= 0.3 is 30.2 Å². The van der Waals surface area contributed by atoms with Crippen LogP contribution in [0.5, 0.6) is 0 Å². The van der Waals surface area contributed by atoms with Crippen molar-refractivity contribution in [1.82, 2.24) is 4.57 Å². The second kappa shape index (κ2) is 5.73. The van der Waals surface area contributed by atoms with E-state index in [1.165, 1.54) is 0 Å². The van der Waals surface area contributed by atoms with Crippen LogP contribution in [0.25, 0.3) is 0 Å². The predicted octanol–water partition coefficient (Wildman–Crippen LogP) is 3.73. The van der Waals surface area contributed by atoms with Crippen LogP contribution < -0.4 is 0 Å². The van der Waals surface area contributed by atoms with Gasteiger partial charge in [0.05, 0.1) is 0 Å². The summed E-state index contributed by atoms with van der Waals surface area (Å²) in [5, 5.41) is -0.269. The summed E-state index contributed by atoms with van der Waals surface area (Å²) in [5.41, 5.74) is -0.944. The zero-order valence-corrected chi connectivity index (χ0v) is 11.6. The zero-order valence-electron chi connectivity index (χ0n) is 10.8. The molecule has 1 rings (SSSR count). The molecule has 0 saturated carbocycles. The molecule has 0 aliphatic carbocycles. The maximum absolute atomic E-state index is 13.3. The van der Waals surface area contributed by atoms with E-state index in [4.69, 9.17) is 11.6 Å². The standard InChI is InChI=1S/C10H6ClF8N2O2/c1-20-4(2-3-5(20)11)6(22)21(23)10(18,19)9(16,17)8(14,15)7(12)13/h2-3,7H,1H3/q+1. The van der Waals surface area contributed by atoms with Gasteiger partial charge in [0.25, 0.3) is 0 Å². The third-order valence-electron chi connectivity index (χ3n) is 2.79. The minimum absolute atomic E-state index is 0.269. The molecule has 0 saturated heterocycles. The lowest BCUT2D eigenvalue weighted by molar-refractivity contribution is -0.663. The van der Waals surface area contributed by atoms with E-state index in [1.54, 1.807) is 0 Å². The van der Waals surface area contributed by atoms with Gasteiger partial charge in [0, 0.05) is 12.0 Å². The van der Waals surface area contributed by atoms with Crippen LogP contribution in [0.2, 0.25) is 5.15 Å². The average molecular weight is 374 g/mol. The van der Waals surface area contributed by atoms with Crippen molar-refractivity contribution < 1.29 is 44.7 Å². The Morgan fingerprint density at radius 1 is 1.17 bits per heavy atom. The number of nitroso groups, excluding NO2 is 1. The van der Waals surface area contributed by atoms with Crippen molar-refractivity contribution in [3.05, 3.63) is 27.9 Å². The number of carbonyl (C=O) groups is 1. The Balaban J connectivity index is 3.29. The van der Waals surface area contributed by atoms with Gasteiger partial charge in [0.15, 0.2) is 10.5 Å². The monoisotopic (exact) mass is 373 g/mol.